The van der Waals surface area contributed by atoms with Crippen molar-refractivity contribution in [2.24, 2.45) is 5.73 Å². The monoisotopic (exact) mass is 551 g/mol. The molecule has 0 aliphatic heterocycles. The first-order chi connectivity index (χ1) is 17.9. The van der Waals surface area contributed by atoms with Gasteiger partial charge in [-0.2, -0.15) is 0 Å². The quantitative estimate of drug-likeness (QED) is 0.311. The summed E-state index contributed by atoms with van der Waals surface area (Å²) < 4.78 is 91.5. The molecule has 0 aromatic heterocycles. The van der Waals surface area contributed by atoms with Crippen LogP contribution in [-0.2, 0) is 21.2 Å². The van der Waals surface area contributed by atoms with Gasteiger partial charge in [-0.3, -0.25) is 9.52 Å². The number of hydrogen-bond acceptors (Lipinski definition) is 5. The van der Waals surface area contributed by atoms with Crippen LogP contribution in [0.25, 0.3) is 0 Å². The van der Waals surface area contributed by atoms with Crippen molar-refractivity contribution in [2.75, 3.05) is 23.8 Å². The van der Waals surface area contributed by atoms with Crippen molar-refractivity contribution in [3.63, 3.8) is 0 Å². The minimum Gasteiger partial charge on any atom is -0.383 e. The zero-order valence-electron chi connectivity index (χ0n) is 20.5. The molecule has 0 unspecified atom stereocenters. The highest BCUT2D eigenvalue weighted by atomic mass is 32.2. The molecule has 0 atom stereocenters. The lowest BCUT2D eigenvalue weighted by molar-refractivity contribution is 0.100. The van der Waals surface area contributed by atoms with Gasteiger partial charge in [0.25, 0.3) is 5.91 Å². The lowest BCUT2D eigenvalue weighted by Crippen LogP contribution is -2.34. The number of rotatable bonds is 10. The number of carbonyl (C=O) groups excluding carboxylic acids is 1. The molecular formula is C26H25F4N3O4S. The van der Waals surface area contributed by atoms with E-state index in [-0.39, 0.29) is 23.5 Å². The first-order valence-electron chi connectivity index (χ1n) is 11.5. The Labute approximate surface area is 217 Å². The predicted octanol–water partition coefficient (Wildman–Crippen LogP) is 4.91. The summed E-state index contributed by atoms with van der Waals surface area (Å²) in [4.78, 5) is 12.1. The van der Waals surface area contributed by atoms with Crippen molar-refractivity contribution in [1.82, 2.24) is 0 Å². The molecular weight excluding hydrogens is 526 g/mol. The van der Waals surface area contributed by atoms with E-state index in [9.17, 15) is 17.6 Å². The first kappa shape index (κ1) is 27.4. The van der Waals surface area contributed by atoms with Gasteiger partial charge < -0.3 is 15.8 Å². The van der Waals surface area contributed by atoms with E-state index in [1.54, 1.807) is 6.92 Å². The van der Waals surface area contributed by atoms with Crippen LogP contribution in [-0.4, -0.2) is 32.8 Å². The second-order valence-electron chi connectivity index (χ2n) is 9.24. The molecule has 1 amide bonds. The van der Waals surface area contributed by atoms with Gasteiger partial charge in [0.15, 0.2) is 17.5 Å². The smallest absolute Gasteiger partial charge is 0.250 e. The number of halogens is 4. The van der Waals surface area contributed by atoms with E-state index in [1.807, 2.05) is 0 Å². The van der Waals surface area contributed by atoms with Crippen LogP contribution in [0.3, 0.4) is 0 Å². The Balaban J connectivity index is 1.67. The highest BCUT2D eigenvalue weighted by Crippen LogP contribution is 2.44. The Kier molecular flexibility index (Phi) is 7.39. The lowest BCUT2D eigenvalue weighted by Gasteiger charge is -2.18. The van der Waals surface area contributed by atoms with Gasteiger partial charge in [-0.15, -0.1) is 0 Å². The summed E-state index contributed by atoms with van der Waals surface area (Å²) in [6.07, 6.45) is 0.169. The molecule has 0 radical (unpaired) electrons. The summed E-state index contributed by atoms with van der Waals surface area (Å²) in [5.74, 6) is -5.80. The van der Waals surface area contributed by atoms with E-state index < -0.39 is 67.2 Å². The van der Waals surface area contributed by atoms with Crippen molar-refractivity contribution >= 4 is 33.0 Å². The van der Waals surface area contributed by atoms with Gasteiger partial charge in [0.05, 0.1) is 29.2 Å². The fraction of sp³-hybridized carbons (Fsp3) is 0.269. The maximum atomic E-state index is 15.3. The fourth-order valence-electron chi connectivity index (χ4n) is 4.13. The minimum absolute atomic E-state index is 0.0586. The Morgan fingerprint density at radius 2 is 1.71 bits per heavy atom. The number of methoxy groups -OCH3 is 1. The Bertz CT molecular complexity index is 1530. The molecule has 0 heterocycles. The van der Waals surface area contributed by atoms with Gasteiger partial charge in [0.2, 0.25) is 10.0 Å². The lowest BCUT2D eigenvalue weighted by atomic mass is 9.99. The summed E-state index contributed by atoms with van der Waals surface area (Å²) >= 11 is 0. The molecule has 0 spiro atoms. The summed E-state index contributed by atoms with van der Waals surface area (Å²) in [6.45, 7) is 1.58. The van der Waals surface area contributed by atoms with Crippen LogP contribution in [0.15, 0.2) is 42.5 Å². The third kappa shape index (κ3) is 5.18. The molecule has 1 fully saturated rings. The maximum Gasteiger partial charge on any atom is 0.250 e. The number of anilines is 3. The van der Waals surface area contributed by atoms with Gasteiger partial charge in [-0.1, -0.05) is 18.2 Å². The number of nitrogens with two attached hydrogens (primary N) is 1. The summed E-state index contributed by atoms with van der Waals surface area (Å²) in [5.41, 5.74) is 3.66. The molecule has 7 nitrogen and oxygen atoms in total. The van der Waals surface area contributed by atoms with Gasteiger partial charge in [0, 0.05) is 13.5 Å². The molecule has 4 rings (SSSR count). The Morgan fingerprint density at radius 1 is 1.00 bits per heavy atom. The molecule has 1 aliphatic rings. The molecule has 4 N–H and O–H groups in total. The van der Waals surface area contributed by atoms with Crippen LogP contribution in [0, 0.1) is 30.2 Å². The second-order valence-corrected chi connectivity index (χ2v) is 11.3. The first-order valence-corrected chi connectivity index (χ1v) is 13.0. The molecule has 38 heavy (non-hydrogen) atoms. The van der Waals surface area contributed by atoms with E-state index in [2.05, 4.69) is 10.0 Å². The average Bonchev–Trinajstić information content (AvgIpc) is 3.64. The number of aryl methyl sites for hydroxylation is 1. The normalized spacial score (nSPS) is 14.3. The predicted molar refractivity (Wildman–Crippen MR) is 135 cm³/mol. The molecule has 1 saturated carbocycles. The van der Waals surface area contributed by atoms with Crippen molar-refractivity contribution in [3.8, 4) is 0 Å². The van der Waals surface area contributed by atoms with Gasteiger partial charge in [0.1, 0.15) is 10.6 Å². The summed E-state index contributed by atoms with van der Waals surface area (Å²) in [7, 11) is -2.64. The topological polar surface area (TPSA) is 111 Å². The van der Waals surface area contributed by atoms with Gasteiger partial charge in [-0.05, 0) is 60.7 Å². The second kappa shape index (κ2) is 10.3. The molecule has 202 valence electrons. The van der Waals surface area contributed by atoms with E-state index >= 15 is 13.2 Å². The van der Waals surface area contributed by atoms with E-state index in [0.717, 1.165) is 6.07 Å². The average molecular weight is 552 g/mol. The molecule has 0 bridgehead atoms. The van der Waals surface area contributed by atoms with Crippen molar-refractivity contribution in [1.29, 1.82) is 0 Å². The van der Waals surface area contributed by atoms with E-state index in [0.29, 0.717) is 18.4 Å². The van der Waals surface area contributed by atoms with Crippen molar-refractivity contribution in [2.45, 2.75) is 30.9 Å². The Hall–Kier alpha value is -3.64. The van der Waals surface area contributed by atoms with Crippen molar-refractivity contribution < 1.29 is 35.5 Å². The molecule has 3 aromatic carbocycles. The van der Waals surface area contributed by atoms with Crippen LogP contribution < -0.4 is 15.8 Å². The Morgan fingerprint density at radius 3 is 2.32 bits per heavy atom. The standard InChI is InChI=1S/C26H25F4N3O4S/c1-14-6-7-19(18(27)10-14)32-24-17(25(31)34)12-16(22(29)23(24)30)11-15-4-3-5-20(21(15)28)33-38(35,36)26(8-9-26)13-37-2/h3-7,10,12,32-33H,8-9,11,13H2,1-2H3,(H2,31,34). The third-order valence-electron chi connectivity index (χ3n) is 6.42. The number of carbonyl (C=O) groups is 1. The van der Waals surface area contributed by atoms with Gasteiger partial charge in [-0.25, -0.2) is 26.0 Å². The largest absolute Gasteiger partial charge is 0.383 e. The fourth-order valence-corrected chi connectivity index (χ4v) is 5.70. The number of benzene rings is 3. The number of sulfonamides is 1. The number of nitrogens with one attached hydrogen (secondary N) is 2. The van der Waals surface area contributed by atoms with Crippen LogP contribution in [0.5, 0.6) is 0 Å². The van der Waals surface area contributed by atoms with Crippen molar-refractivity contribution in [3.05, 3.63) is 88.0 Å². The van der Waals surface area contributed by atoms with Gasteiger partial charge >= 0.3 is 0 Å². The molecule has 1 aliphatic carbocycles. The third-order valence-corrected chi connectivity index (χ3v) is 8.58. The highest BCUT2D eigenvalue weighted by molar-refractivity contribution is 7.94. The van der Waals surface area contributed by atoms with Crippen LogP contribution in [0.4, 0.5) is 34.6 Å². The molecule has 0 saturated heterocycles. The van der Waals surface area contributed by atoms with Crippen LogP contribution in [0.1, 0.15) is 39.9 Å². The van der Waals surface area contributed by atoms with E-state index in [4.69, 9.17) is 10.5 Å². The zero-order chi connectivity index (χ0) is 27.8. The summed E-state index contributed by atoms with van der Waals surface area (Å²) in [6, 6.07) is 8.76. The molecule has 12 heteroatoms. The van der Waals surface area contributed by atoms with E-state index in [1.165, 1.54) is 43.5 Å². The number of hydrogen-bond donors (Lipinski definition) is 3. The number of primary amides is 1. The zero-order valence-corrected chi connectivity index (χ0v) is 21.3. The summed E-state index contributed by atoms with van der Waals surface area (Å²) in [5, 5.41) is 2.37. The maximum absolute atomic E-state index is 15.3. The van der Waals surface area contributed by atoms with Crippen LogP contribution in [0.2, 0.25) is 0 Å². The highest BCUT2D eigenvalue weighted by Gasteiger charge is 2.55. The number of ether oxygens (including phenoxy) is 1. The minimum atomic E-state index is -4.00. The number of amides is 1. The molecule has 3 aromatic rings. The SMILES string of the molecule is COCC1(S(=O)(=O)Nc2cccc(Cc3cc(C(N)=O)c(Nc4ccc(C)cc4F)c(F)c3F)c2F)CC1. The van der Waals surface area contributed by atoms with Crippen LogP contribution >= 0.6 is 0 Å².